The predicted octanol–water partition coefficient (Wildman–Crippen LogP) is 5.63. The largest absolute Gasteiger partial charge is 0.462 e. The summed E-state index contributed by atoms with van der Waals surface area (Å²) in [5.41, 5.74) is 1.82. The second kappa shape index (κ2) is 18.6. The Labute approximate surface area is 286 Å². The molecule has 4 rings (SSSR count). The molecule has 1 fully saturated rings. The molecule has 11 heteroatoms. The Morgan fingerprint density at radius 3 is 1.90 bits per heavy atom. The summed E-state index contributed by atoms with van der Waals surface area (Å²) in [6.07, 6.45) is 8.39. The van der Waals surface area contributed by atoms with Crippen molar-refractivity contribution in [1.29, 1.82) is 0 Å². The first kappa shape index (κ1) is 38.5. The van der Waals surface area contributed by atoms with Gasteiger partial charge in [-0.25, -0.2) is 18.4 Å². The van der Waals surface area contributed by atoms with Crippen molar-refractivity contribution >= 4 is 34.7 Å². The van der Waals surface area contributed by atoms with Crippen LogP contribution in [0.5, 0.6) is 0 Å². The molecular weight excluding hydrogens is 634 g/mol. The highest BCUT2D eigenvalue weighted by molar-refractivity contribution is 6.38. The molecule has 0 N–H and O–H groups in total. The lowest BCUT2D eigenvalue weighted by Gasteiger charge is -2.29. The average Bonchev–Trinajstić information content (AvgIpc) is 3.07. The Kier molecular flexibility index (Phi) is 14.6. The summed E-state index contributed by atoms with van der Waals surface area (Å²) in [6, 6.07) is 11.3. The van der Waals surface area contributed by atoms with Crippen LogP contribution in [0.4, 0.5) is 8.78 Å². The molecule has 9 nitrogen and oxygen atoms in total. The van der Waals surface area contributed by atoms with Crippen molar-refractivity contribution in [2.24, 2.45) is 11.8 Å². The van der Waals surface area contributed by atoms with E-state index in [0.717, 1.165) is 12.8 Å². The second-order valence-corrected chi connectivity index (χ2v) is 11.8. The first-order chi connectivity index (χ1) is 23.4. The average molecular weight is 679 g/mol. The lowest BCUT2D eigenvalue weighted by molar-refractivity contribution is -0.140. The third-order valence-corrected chi connectivity index (χ3v) is 7.58. The van der Waals surface area contributed by atoms with E-state index in [-0.39, 0.29) is 47.5 Å². The van der Waals surface area contributed by atoms with Crippen LogP contribution < -0.4 is 0 Å². The van der Waals surface area contributed by atoms with Crippen LogP contribution in [-0.2, 0) is 33.4 Å². The quantitative estimate of drug-likeness (QED) is 0.130. The normalized spacial score (nSPS) is 16.8. The van der Waals surface area contributed by atoms with E-state index in [1.165, 1.54) is 42.6 Å². The van der Waals surface area contributed by atoms with Crippen molar-refractivity contribution in [2.75, 3.05) is 54.6 Å². The SMILES string of the molecule is CCOC(=O)/C(=C\N(C)C)C(=O)/C(=C/N(C)C)c1ccc(F)cc1.CCOC(=O)C1=CC(C2CCOCC2)C=C(c2ccc(F)cc2)C1=O. The van der Waals surface area contributed by atoms with Gasteiger partial charge in [0.15, 0.2) is 5.78 Å². The van der Waals surface area contributed by atoms with E-state index >= 15 is 0 Å². The number of ketones is 2. The molecule has 0 aromatic heterocycles. The van der Waals surface area contributed by atoms with E-state index in [9.17, 15) is 28.0 Å². The number of Topliss-reactive ketones (excluding diaryl/α,β-unsaturated/α-hetero) is 2. The Morgan fingerprint density at radius 1 is 0.816 bits per heavy atom. The molecule has 1 aliphatic carbocycles. The Bertz CT molecular complexity index is 1600. The van der Waals surface area contributed by atoms with Gasteiger partial charge in [-0.2, -0.15) is 0 Å². The molecule has 1 atom stereocenters. The zero-order chi connectivity index (χ0) is 36.1. The minimum atomic E-state index is -0.692. The van der Waals surface area contributed by atoms with Crippen molar-refractivity contribution in [3.8, 4) is 0 Å². The molecule has 2 aromatic rings. The van der Waals surface area contributed by atoms with Crippen LogP contribution in [0.3, 0.4) is 0 Å². The van der Waals surface area contributed by atoms with Crippen molar-refractivity contribution in [1.82, 2.24) is 9.80 Å². The van der Waals surface area contributed by atoms with Crippen molar-refractivity contribution in [3.63, 3.8) is 0 Å². The monoisotopic (exact) mass is 678 g/mol. The summed E-state index contributed by atoms with van der Waals surface area (Å²) in [5, 5.41) is 0. The summed E-state index contributed by atoms with van der Waals surface area (Å²) in [6.45, 7) is 5.11. The van der Waals surface area contributed by atoms with Crippen LogP contribution in [0.15, 0.2) is 84.2 Å². The lowest BCUT2D eigenvalue weighted by Crippen LogP contribution is -2.27. The highest BCUT2D eigenvalue weighted by Crippen LogP contribution is 2.35. The lowest BCUT2D eigenvalue weighted by atomic mass is 9.78. The minimum Gasteiger partial charge on any atom is -0.462 e. The molecule has 2 aromatic carbocycles. The van der Waals surface area contributed by atoms with E-state index in [2.05, 4.69) is 0 Å². The predicted molar refractivity (Wildman–Crippen MR) is 183 cm³/mol. The first-order valence-corrected chi connectivity index (χ1v) is 16.1. The maximum Gasteiger partial charge on any atom is 0.343 e. The molecule has 0 saturated carbocycles. The fraction of sp³-hybridized carbons (Fsp3) is 0.368. The second-order valence-electron chi connectivity index (χ2n) is 11.8. The summed E-state index contributed by atoms with van der Waals surface area (Å²) in [7, 11) is 6.94. The van der Waals surface area contributed by atoms with Gasteiger partial charge in [-0.15, -0.1) is 0 Å². The van der Waals surface area contributed by atoms with Gasteiger partial charge in [0, 0.05) is 70.9 Å². The molecule has 2 aliphatic rings. The number of carbonyl (C=O) groups is 4. The highest BCUT2D eigenvalue weighted by Gasteiger charge is 2.33. The van der Waals surface area contributed by atoms with Crippen LogP contribution in [0.2, 0.25) is 0 Å². The van der Waals surface area contributed by atoms with Gasteiger partial charge in [-0.05, 0) is 68.0 Å². The van der Waals surface area contributed by atoms with Gasteiger partial charge in [0.25, 0.3) is 0 Å². The summed E-state index contributed by atoms with van der Waals surface area (Å²) < 4.78 is 41.8. The van der Waals surface area contributed by atoms with Crippen molar-refractivity contribution < 1.29 is 42.2 Å². The Hall–Kier alpha value is -4.90. The molecule has 1 heterocycles. The van der Waals surface area contributed by atoms with Crippen LogP contribution in [0.1, 0.15) is 37.8 Å². The van der Waals surface area contributed by atoms with Gasteiger partial charge in [0.05, 0.1) is 13.2 Å². The third kappa shape index (κ3) is 11.1. The van der Waals surface area contributed by atoms with Crippen LogP contribution in [0.25, 0.3) is 11.1 Å². The molecule has 0 amide bonds. The number of nitrogens with zero attached hydrogens (tertiary/aromatic N) is 2. The van der Waals surface area contributed by atoms with E-state index in [1.54, 1.807) is 76.2 Å². The Balaban J connectivity index is 0.000000266. The zero-order valence-corrected chi connectivity index (χ0v) is 28.8. The molecule has 1 aliphatic heterocycles. The number of halogens is 2. The number of esters is 2. The topological polar surface area (TPSA) is 102 Å². The number of benzene rings is 2. The van der Waals surface area contributed by atoms with E-state index in [1.807, 2.05) is 6.08 Å². The van der Waals surface area contributed by atoms with E-state index in [0.29, 0.717) is 35.8 Å². The smallest absolute Gasteiger partial charge is 0.343 e. The Morgan fingerprint density at radius 2 is 1.37 bits per heavy atom. The van der Waals surface area contributed by atoms with Gasteiger partial charge in [-0.3, -0.25) is 9.59 Å². The van der Waals surface area contributed by atoms with Crippen LogP contribution >= 0.6 is 0 Å². The summed E-state index contributed by atoms with van der Waals surface area (Å²) in [4.78, 5) is 53.4. The number of hydrogen-bond donors (Lipinski definition) is 0. The molecule has 262 valence electrons. The fourth-order valence-electron chi connectivity index (χ4n) is 5.30. The summed E-state index contributed by atoms with van der Waals surface area (Å²) in [5.74, 6) is -2.64. The summed E-state index contributed by atoms with van der Waals surface area (Å²) >= 11 is 0. The molecule has 1 unspecified atom stereocenters. The standard InChI is InChI=1S/C20H21FO4.C18H23FN2O3/c1-2-25-20(23)18-12-15(13-7-9-24-10-8-13)11-17(19(18)22)14-3-5-16(21)6-4-14;1-6-24-18(23)16(12-21(4)5)17(22)15(11-20(2)3)13-7-9-14(19)10-8-13/h3-6,11-13,15H,2,7-10H2,1H3;7-12H,6H2,1-5H3/b;15-11+,16-12-. The highest BCUT2D eigenvalue weighted by atomic mass is 19.1. The van der Waals surface area contributed by atoms with Gasteiger partial charge in [-0.1, -0.05) is 36.4 Å². The van der Waals surface area contributed by atoms with Gasteiger partial charge >= 0.3 is 11.9 Å². The number of carbonyl (C=O) groups excluding carboxylic acids is 4. The van der Waals surface area contributed by atoms with Gasteiger partial charge < -0.3 is 24.0 Å². The minimum absolute atomic E-state index is 0.0407. The maximum absolute atomic E-state index is 13.2. The molecule has 49 heavy (non-hydrogen) atoms. The molecule has 0 spiro atoms. The first-order valence-electron chi connectivity index (χ1n) is 16.1. The van der Waals surface area contributed by atoms with Gasteiger partial charge in [0.1, 0.15) is 22.8 Å². The third-order valence-electron chi connectivity index (χ3n) is 7.58. The van der Waals surface area contributed by atoms with E-state index < -0.39 is 23.5 Å². The number of ether oxygens (including phenoxy) is 3. The molecular formula is C38H44F2N2O7. The van der Waals surface area contributed by atoms with Gasteiger partial charge in [0.2, 0.25) is 5.78 Å². The zero-order valence-electron chi connectivity index (χ0n) is 28.8. The van der Waals surface area contributed by atoms with Crippen molar-refractivity contribution in [2.45, 2.75) is 26.7 Å². The van der Waals surface area contributed by atoms with E-state index in [4.69, 9.17) is 14.2 Å². The fourth-order valence-corrected chi connectivity index (χ4v) is 5.30. The number of rotatable bonds is 11. The molecule has 0 radical (unpaired) electrons. The van der Waals surface area contributed by atoms with Crippen LogP contribution in [-0.4, -0.2) is 87.9 Å². The molecule has 0 bridgehead atoms. The molecule has 1 saturated heterocycles. The van der Waals surface area contributed by atoms with Crippen LogP contribution in [0, 0.1) is 23.5 Å². The number of hydrogen-bond acceptors (Lipinski definition) is 9. The number of allylic oxidation sites excluding steroid dienone is 4. The maximum atomic E-state index is 13.2. The van der Waals surface area contributed by atoms with Crippen molar-refractivity contribution in [3.05, 3.63) is 107 Å².